The quantitative estimate of drug-likeness (QED) is 0.269. The predicted octanol–water partition coefficient (Wildman–Crippen LogP) is 1.15. The molecule has 182 valence electrons. The first-order valence-corrected chi connectivity index (χ1v) is 10.4. The summed E-state index contributed by atoms with van der Waals surface area (Å²) < 4.78 is 16.3. The summed E-state index contributed by atoms with van der Waals surface area (Å²) in [5.74, 6) is -2.02. The van der Waals surface area contributed by atoms with Gasteiger partial charge in [-0.25, -0.2) is 14.2 Å². The van der Waals surface area contributed by atoms with Gasteiger partial charge >= 0.3 is 17.6 Å². The summed E-state index contributed by atoms with van der Waals surface area (Å²) in [6.07, 6.45) is 2.42. The number of aromatic nitrogens is 2. The molecule has 3 aromatic rings. The topological polar surface area (TPSA) is 153 Å². The number of Topliss-reactive ketones (excluding diaryl/α,β-unsaturated/α-hetero) is 1. The second kappa shape index (κ2) is 11.0. The van der Waals surface area contributed by atoms with E-state index in [1.54, 1.807) is 49.4 Å². The van der Waals surface area contributed by atoms with Crippen LogP contribution in [0.4, 0.5) is 5.82 Å². The van der Waals surface area contributed by atoms with E-state index < -0.39 is 53.5 Å². The maximum Gasteiger partial charge on any atom is 0.333 e. The zero-order valence-corrected chi connectivity index (χ0v) is 19.1. The molecule has 2 heterocycles. The van der Waals surface area contributed by atoms with Gasteiger partial charge in [0, 0.05) is 6.08 Å². The molecule has 2 aromatic heterocycles. The predicted molar refractivity (Wildman–Crippen MR) is 125 cm³/mol. The van der Waals surface area contributed by atoms with E-state index in [4.69, 9.17) is 14.9 Å². The summed E-state index contributed by atoms with van der Waals surface area (Å²) in [7, 11) is 1.09. The van der Waals surface area contributed by atoms with Crippen LogP contribution in [0.3, 0.4) is 0 Å². The van der Waals surface area contributed by atoms with Gasteiger partial charge in [-0.05, 0) is 30.7 Å². The Labute approximate surface area is 199 Å². The summed E-state index contributed by atoms with van der Waals surface area (Å²) in [6.45, 7) is 0.122. The molecule has 11 nitrogen and oxygen atoms in total. The van der Waals surface area contributed by atoms with Crippen molar-refractivity contribution in [3.63, 3.8) is 0 Å². The van der Waals surface area contributed by atoms with E-state index in [1.165, 1.54) is 6.08 Å². The smallest absolute Gasteiger partial charge is 0.333 e. The summed E-state index contributed by atoms with van der Waals surface area (Å²) >= 11 is 0. The Morgan fingerprint density at radius 1 is 1.06 bits per heavy atom. The van der Waals surface area contributed by atoms with Gasteiger partial charge in [-0.3, -0.25) is 19.0 Å². The first-order chi connectivity index (χ1) is 16.7. The van der Waals surface area contributed by atoms with E-state index >= 15 is 0 Å². The van der Waals surface area contributed by atoms with Gasteiger partial charge in [-0.1, -0.05) is 30.3 Å². The number of aryl methyl sites for hydroxylation is 1. The molecule has 35 heavy (non-hydrogen) atoms. The number of hydrogen-bond acceptors (Lipinski definition) is 9. The third-order valence-electron chi connectivity index (χ3n) is 4.94. The molecule has 0 unspecified atom stereocenters. The number of ketones is 1. The first kappa shape index (κ1) is 25.0. The van der Waals surface area contributed by atoms with Crippen LogP contribution in [-0.2, 0) is 32.2 Å². The first-order valence-electron chi connectivity index (χ1n) is 10.4. The summed E-state index contributed by atoms with van der Waals surface area (Å²) in [6, 6.07) is 12.0. The number of esters is 2. The second-order valence-electron chi connectivity index (χ2n) is 7.39. The van der Waals surface area contributed by atoms with Crippen molar-refractivity contribution in [2.45, 2.75) is 20.0 Å². The van der Waals surface area contributed by atoms with Crippen LogP contribution in [0.25, 0.3) is 6.08 Å². The van der Waals surface area contributed by atoms with Gasteiger partial charge < -0.3 is 19.6 Å². The van der Waals surface area contributed by atoms with Crippen molar-refractivity contribution in [3.05, 3.63) is 92.0 Å². The lowest BCUT2D eigenvalue weighted by Gasteiger charge is -2.16. The Kier molecular flexibility index (Phi) is 7.82. The number of nitrogens with two attached hydrogens (primary N) is 1. The van der Waals surface area contributed by atoms with Gasteiger partial charge in [0.05, 0.1) is 13.7 Å². The number of benzene rings is 1. The number of carbonyl (C=O) groups is 3. The van der Waals surface area contributed by atoms with Crippen molar-refractivity contribution >= 4 is 29.6 Å². The van der Waals surface area contributed by atoms with Gasteiger partial charge in [0.15, 0.2) is 6.61 Å². The maximum absolute atomic E-state index is 13.0. The lowest BCUT2D eigenvalue weighted by atomic mass is 10.2. The van der Waals surface area contributed by atoms with Gasteiger partial charge in [-0.15, -0.1) is 0 Å². The molecule has 0 aliphatic carbocycles. The fraction of sp³-hybridized carbons (Fsp3) is 0.208. The second-order valence-corrected chi connectivity index (χ2v) is 7.39. The highest BCUT2D eigenvalue weighted by Crippen LogP contribution is 2.11. The highest BCUT2D eigenvalue weighted by atomic mass is 16.5. The number of nitrogen functional groups attached to an aromatic ring is 1. The molecule has 2 N–H and O–H groups in total. The molecule has 0 atom stereocenters. The van der Waals surface area contributed by atoms with Gasteiger partial charge in [0.1, 0.15) is 29.4 Å². The van der Waals surface area contributed by atoms with E-state index in [-0.39, 0.29) is 6.54 Å². The van der Waals surface area contributed by atoms with Crippen LogP contribution < -0.4 is 17.0 Å². The van der Waals surface area contributed by atoms with Crippen molar-refractivity contribution < 1.29 is 28.3 Å². The van der Waals surface area contributed by atoms with Crippen LogP contribution in [0.15, 0.2) is 62.5 Å². The van der Waals surface area contributed by atoms with E-state index in [0.29, 0.717) is 21.7 Å². The number of carbonyl (C=O) groups excluding carboxylic acids is 3. The average molecular weight is 481 g/mol. The number of methoxy groups -OCH3 is 1. The number of nitrogens with zero attached hydrogens (tertiary/aromatic N) is 2. The molecule has 0 saturated heterocycles. The van der Waals surface area contributed by atoms with Crippen molar-refractivity contribution in [2.75, 3.05) is 19.5 Å². The highest BCUT2D eigenvalue weighted by Gasteiger charge is 2.25. The molecular formula is C24H23N3O8. The summed E-state index contributed by atoms with van der Waals surface area (Å²) in [5, 5.41) is 0. The van der Waals surface area contributed by atoms with E-state index in [0.717, 1.165) is 17.8 Å². The Morgan fingerprint density at radius 3 is 2.40 bits per heavy atom. The lowest BCUT2D eigenvalue weighted by Crippen LogP contribution is -2.46. The third-order valence-corrected chi connectivity index (χ3v) is 4.94. The van der Waals surface area contributed by atoms with Gasteiger partial charge in [-0.2, -0.15) is 0 Å². The Morgan fingerprint density at radius 2 is 1.77 bits per heavy atom. The van der Waals surface area contributed by atoms with E-state index in [9.17, 15) is 24.0 Å². The van der Waals surface area contributed by atoms with Crippen LogP contribution in [-0.4, -0.2) is 40.6 Å². The fourth-order valence-electron chi connectivity index (χ4n) is 3.18. The maximum atomic E-state index is 13.0. The highest BCUT2D eigenvalue weighted by molar-refractivity contribution is 6.02. The molecule has 0 bridgehead atoms. The Hall–Kier alpha value is -4.67. The Bertz CT molecular complexity index is 1400. The van der Waals surface area contributed by atoms with Crippen molar-refractivity contribution in [1.82, 2.24) is 9.13 Å². The van der Waals surface area contributed by atoms with E-state index in [2.05, 4.69) is 4.74 Å². The standard InChI is InChI=1S/C24H23N3O8/c1-15-8-9-17(35-15)10-11-19(29)34-14-18(28)21-22(25)26(12-16-6-4-3-5-7-16)24(32)27(23(21)31)13-20(30)33-2/h3-11H,12-14,25H2,1-2H3/b11-10+. The number of anilines is 1. The minimum Gasteiger partial charge on any atom is -0.468 e. The average Bonchev–Trinajstić information content (AvgIpc) is 3.27. The number of rotatable bonds is 9. The number of hydrogen-bond donors (Lipinski definition) is 1. The zero-order valence-electron chi connectivity index (χ0n) is 19.1. The molecule has 0 radical (unpaired) electrons. The lowest BCUT2D eigenvalue weighted by molar-refractivity contribution is -0.141. The zero-order chi connectivity index (χ0) is 25.5. The van der Waals surface area contributed by atoms with E-state index in [1.807, 2.05) is 0 Å². The van der Waals surface area contributed by atoms with Crippen LogP contribution in [0.2, 0.25) is 0 Å². The Balaban J connectivity index is 1.91. The summed E-state index contributed by atoms with van der Waals surface area (Å²) in [4.78, 5) is 62.5. The third kappa shape index (κ3) is 6.02. The molecule has 0 fully saturated rings. The molecule has 0 aliphatic rings. The monoisotopic (exact) mass is 481 g/mol. The van der Waals surface area contributed by atoms with Crippen LogP contribution in [0.1, 0.15) is 27.4 Å². The SMILES string of the molecule is COC(=O)Cn1c(=O)c(C(=O)COC(=O)/C=C/c2ccc(C)o2)c(N)n(Cc2ccccc2)c1=O. The molecule has 0 saturated carbocycles. The van der Waals surface area contributed by atoms with Gasteiger partial charge in [0.25, 0.3) is 5.56 Å². The molecular weight excluding hydrogens is 458 g/mol. The normalized spacial score (nSPS) is 10.9. The van der Waals surface area contributed by atoms with Crippen LogP contribution in [0.5, 0.6) is 0 Å². The molecule has 0 amide bonds. The van der Waals surface area contributed by atoms with Crippen LogP contribution >= 0.6 is 0 Å². The fourth-order valence-corrected chi connectivity index (χ4v) is 3.18. The van der Waals surface area contributed by atoms with Gasteiger partial charge in [0.2, 0.25) is 5.78 Å². The minimum absolute atomic E-state index is 0.0711. The summed E-state index contributed by atoms with van der Waals surface area (Å²) in [5.41, 5.74) is 4.15. The van der Waals surface area contributed by atoms with Crippen molar-refractivity contribution in [2.24, 2.45) is 0 Å². The number of ether oxygens (including phenoxy) is 2. The minimum atomic E-state index is -1.09. The molecule has 0 aliphatic heterocycles. The molecule has 11 heteroatoms. The number of furan rings is 1. The molecule has 1 aromatic carbocycles. The molecule has 3 rings (SSSR count). The largest absolute Gasteiger partial charge is 0.468 e. The van der Waals surface area contributed by atoms with Crippen LogP contribution in [0, 0.1) is 6.92 Å². The van der Waals surface area contributed by atoms with Crippen molar-refractivity contribution in [3.8, 4) is 0 Å². The molecule has 0 spiro atoms. The van der Waals surface area contributed by atoms with Crippen molar-refractivity contribution in [1.29, 1.82) is 0 Å².